The van der Waals surface area contributed by atoms with Gasteiger partial charge in [0.2, 0.25) is 5.91 Å². The lowest BCUT2D eigenvalue weighted by molar-refractivity contribution is -0.126. The molecule has 152 valence electrons. The highest BCUT2D eigenvalue weighted by atomic mass is 32.2. The molecule has 1 saturated heterocycles. The summed E-state index contributed by atoms with van der Waals surface area (Å²) >= 11 is 0. The molecule has 3 rings (SSSR count). The van der Waals surface area contributed by atoms with Crippen molar-refractivity contribution in [3.63, 3.8) is 0 Å². The molecule has 0 bridgehead atoms. The molecule has 1 fully saturated rings. The van der Waals surface area contributed by atoms with Crippen LogP contribution >= 0.6 is 0 Å². The van der Waals surface area contributed by atoms with Gasteiger partial charge in [-0.1, -0.05) is 12.1 Å². The molecule has 0 aliphatic carbocycles. The number of sulfone groups is 1. The third-order valence-corrected chi connectivity index (χ3v) is 6.36. The van der Waals surface area contributed by atoms with Crippen LogP contribution in [0, 0.1) is 17.2 Å². The molecular formula is C21H24N4O3S. The lowest BCUT2D eigenvalue weighted by Gasteiger charge is -2.32. The maximum Gasteiger partial charge on any atom is 0.223 e. The smallest absolute Gasteiger partial charge is 0.223 e. The predicted molar refractivity (Wildman–Crippen MR) is 110 cm³/mol. The molecule has 1 aliphatic heterocycles. The van der Waals surface area contributed by atoms with Gasteiger partial charge in [-0.05, 0) is 49.6 Å². The minimum absolute atomic E-state index is 0.0112. The van der Waals surface area contributed by atoms with Gasteiger partial charge in [0.05, 0.1) is 16.5 Å². The summed E-state index contributed by atoms with van der Waals surface area (Å²) in [7, 11) is -3.23. The van der Waals surface area contributed by atoms with Crippen molar-refractivity contribution >= 4 is 21.6 Å². The van der Waals surface area contributed by atoms with Crippen LogP contribution in [0.25, 0.3) is 0 Å². The minimum Gasteiger partial charge on any atom is -0.357 e. The number of rotatable bonds is 5. The number of anilines is 1. The van der Waals surface area contributed by atoms with E-state index in [1.54, 1.807) is 36.5 Å². The molecule has 0 saturated carbocycles. The minimum atomic E-state index is -3.23. The molecule has 1 aromatic carbocycles. The molecule has 2 heterocycles. The molecule has 0 spiro atoms. The van der Waals surface area contributed by atoms with Gasteiger partial charge in [-0.3, -0.25) is 4.79 Å². The number of carbonyl (C=O) groups excluding carboxylic acids is 1. The van der Waals surface area contributed by atoms with E-state index < -0.39 is 9.84 Å². The summed E-state index contributed by atoms with van der Waals surface area (Å²) in [6.07, 6.45) is 4.19. The van der Waals surface area contributed by atoms with Crippen LogP contribution < -0.4 is 10.2 Å². The maximum atomic E-state index is 12.7. The zero-order valence-corrected chi connectivity index (χ0v) is 17.3. The van der Waals surface area contributed by atoms with E-state index in [2.05, 4.69) is 21.3 Å². The number of nitriles is 1. The molecule has 1 atom stereocenters. The second kappa shape index (κ2) is 8.62. The number of aromatic nitrogens is 1. The molecule has 29 heavy (non-hydrogen) atoms. The fourth-order valence-electron chi connectivity index (χ4n) is 3.43. The fourth-order valence-corrected chi connectivity index (χ4v) is 4.06. The first-order valence-electron chi connectivity index (χ1n) is 9.49. The summed E-state index contributed by atoms with van der Waals surface area (Å²) in [5.41, 5.74) is 1.39. The predicted octanol–water partition coefficient (Wildman–Crippen LogP) is 2.45. The van der Waals surface area contributed by atoms with Crippen molar-refractivity contribution in [2.24, 2.45) is 5.92 Å². The first-order chi connectivity index (χ1) is 13.8. The van der Waals surface area contributed by atoms with Crippen molar-refractivity contribution in [2.75, 3.05) is 24.2 Å². The average Bonchev–Trinajstić information content (AvgIpc) is 2.73. The van der Waals surface area contributed by atoms with Gasteiger partial charge in [-0.15, -0.1) is 0 Å². The first kappa shape index (κ1) is 20.8. The fraction of sp³-hybridized carbons (Fsp3) is 0.381. The second-order valence-electron chi connectivity index (χ2n) is 7.35. The molecule has 1 aromatic heterocycles. The largest absolute Gasteiger partial charge is 0.357 e. The van der Waals surface area contributed by atoms with Gasteiger partial charge < -0.3 is 10.2 Å². The van der Waals surface area contributed by atoms with Crippen LogP contribution in [0.3, 0.4) is 0 Å². The summed E-state index contributed by atoms with van der Waals surface area (Å²) in [5, 5.41) is 11.9. The van der Waals surface area contributed by atoms with Gasteiger partial charge in [0, 0.05) is 31.5 Å². The average molecular weight is 413 g/mol. The number of carbonyl (C=O) groups is 1. The number of pyridine rings is 1. The Kier molecular flexibility index (Phi) is 6.18. The highest BCUT2D eigenvalue weighted by Crippen LogP contribution is 2.23. The quantitative estimate of drug-likeness (QED) is 0.809. The SMILES string of the molecule is C[C@H](NC(=O)C1CCN(c2ccc(C#N)cn2)CC1)c1ccc(S(C)(=O)=O)cc1. The monoisotopic (exact) mass is 412 g/mol. The lowest BCUT2D eigenvalue weighted by Crippen LogP contribution is -2.41. The zero-order valence-electron chi connectivity index (χ0n) is 16.5. The van der Waals surface area contributed by atoms with E-state index in [1.807, 2.05) is 13.0 Å². The van der Waals surface area contributed by atoms with Crippen molar-refractivity contribution in [3.05, 3.63) is 53.7 Å². The Morgan fingerprint density at radius 3 is 2.38 bits per heavy atom. The number of nitrogens with zero attached hydrogens (tertiary/aromatic N) is 3. The van der Waals surface area contributed by atoms with Crippen LogP contribution in [-0.2, 0) is 14.6 Å². The van der Waals surface area contributed by atoms with Crippen LogP contribution in [0.15, 0.2) is 47.5 Å². The van der Waals surface area contributed by atoms with E-state index in [9.17, 15) is 13.2 Å². The zero-order chi connectivity index (χ0) is 21.0. The van der Waals surface area contributed by atoms with Crippen molar-refractivity contribution < 1.29 is 13.2 Å². The Labute approximate surface area is 171 Å². The van der Waals surface area contributed by atoms with Crippen LogP contribution in [0.4, 0.5) is 5.82 Å². The molecule has 0 radical (unpaired) electrons. The molecule has 8 heteroatoms. The molecule has 2 aromatic rings. The Balaban J connectivity index is 1.54. The summed E-state index contributed by atoms with van der Waals surface area (Å²) < 4.78 is 23.1. The molecule has 1 amide bonds. The summed E-state index contributed by atoms with van der Waals surface area (Å²) in [4.78, 5) is 19.4. The van der Waals surface area contributed by atoms with E-state index in [1.165, 1.54) is 6.26 Å². The second-order valence-corrected chi connectivity index (χ2v) is 9.37. The lowest BCUT2D eigenvalue weighted by atomic mass is 9.95. The van der Waals surface area contributed by atoms with Gasteiger partial charge in [0.1, 0.15) is 11.9 Å². The maximum absolute atomic E-state index is 12.7. The number of benzene rings is 1. The van der Waals surface area contributed by atoms with Crippen molar-refractivity contribution in [1.82, 2.24) is 10.3 Å². The number of amides is 1. The molecule has 7 nitrogen and oxygen atoms in total. The van der Waals surface area contributed by atoms with E-state index in [0.29, 0.717) is 5.56 Å². The van der Waals surface area contributed by atoms with Crippen molar-refractivity contribution in [3.8, 4) is 6.07 Å². The highest BCUT2D eigenvalue weighted by Gasteiger charge is 2.26. The van der Waals surface area contributed by atoms with Gasteiger partial charge in [0.25, 0.3) is 0 Å². The van der Waals surface area contributed by atoms with Crippen LogP contribution in [-0.4, -0.2) is 38.7 Å². The van der Waals surface area contributed by atoms with Gasteiger partial charge in [-0.25, -0.2) is 13.4 Å². The summed E-state index contributed by atoms with van der Waals surface area (Å²) in [6.45, 7) is 3.35. The topological polar surface area (TPSA) is 103 Å². The standard InChI is InChI=1S/C21H24N4O3S/c1-15(17-4-6-19(7-5-17)29(2,27)28)24-21(26)18-9-11-25(12-10-18)20-8-3-16(13-22)14-23-20/h3-8,14-15,18H,9-12H2,1-2H3,(H,24,26)/t15-/m0/s1. The van der Waals surface area contributed by atoms with Gasteiger partial charge >= 0.3 is 0 Å². The number of hydrogen-bond acceptors (Lipinski definition) is 6. The Morgan fingerprint density at radius 1 is 1.21 bits per heavy atom. The number of hydrogen-bond donors (Lipinski definition) is 1. The molecule has 1 aliphatic rings. The van der Waals surface area contributed by atoms with Gasteiger partial charge in [0.15, 0.2) is 9.84 Å². The van der Waals surface area contributed by atoms with Crippen molar-refractivity contribution in [2.45, 2.75) is 30.7 Å². The van der Waals surface area contributed by atoms with E-state index in [-0.39, 0.29) is 22.8 Å². The van der Waals surface area contributed by atoms with Crippen LogP contribution in [0.5, 0.6) is 0 Å². The Bertz CT molecular complexity index is 1000. The first-order valence-corrected chi connectivity index (χ1v) is 11.4. The third-order valence-electron chi connectivity index (χ3n) is 5.23. The highest BCUT2D eigenvalue weighted by molar-refractivity contribution is 7.90. The summed E-state index contributed by atoms with van der Waals surface area (Å²) in [6, 6.07) is 12.0. The van der Waals surface area contributed by atoms with E-state index in [0.717, 1.165) is 37.3 Å². The number of piperidine rings is 1. The van der Waals surface area contributed by atoms with Crippen LogP contribution in [0.2, 0.25) is 0 Å². The normalized spacial score (nSPS) is 16.1. The number of nitrogens with one attached hydrogen (secondary N) is 1. The van der Waals surface area contributed by atoms with E-state index in [4.69, 9.17) is 5.26 Å². The molecule has 1 N–H and O–H groups in total. The van der Waals surface area contributed by atoms with Gasteiger partial charge in [-0.2, -0.15) is 5.26 Å². The third kappa shape index (κ3) is 5.12. The Morgan fingerprint density at radius 2 is 1.86 bits per heavy atom. The van der Waals surface area contributed by atoms with Crippen molar-refractivity contribution in [1.29, 1.82) is 5.26 Å². The summed E-state index contributed by atoms with van der Waals surface area (Å²) in [5.74, 6) is 0.765. The Hall–Kier alpha value is -2.92. The van der Waals surface area contributed by atoms with E-state index >= 15 is 0 Å². The molecular weight excluding hydrogens is 388 g/mol. The van der Waals surface area contributed by atoms with Crippen LogP contribution in [0.1, 0.15) is 36.9 Å². The molecule has 0 unspecified atom stereocenters.